The van der Waals surface area contributed by atoms with Gasteiger partial charge in [0.05, 0.1) is 21.0 Å². The highest BCUT2D eigenvalue weighted by atomic mass is 32.2. The van der Waals surface area contributed by atoms with Crippen LogP contribution in [0.25, 0.3) is 11.1 Å². The summed E-state index contributed by atoms with van der Waals surface area (Å²) in [5, 5.41) is -3.95. The average molecular weight is 950 g/mol. The molecule has 1 aliphatic rings. The van der Waals surface area contributed by atoms with Gasteiger partial charge in [-0.05, 0) is 40.5 Å². The number of aromatic nitrogens is 2. The van der Waals surface area contributed by atoms with Crippen molar-refractivity contribution >= 4 is 272 Å². The maximum atomic E-state index is 16.7. The van der Waals surface area contributed by atoms with Gasteiger partial charge in [0.2, 0.25) is 5.91 Å². The molecule has 1 amide bonds. The molecule has 3 aromatic carbocycles. The van der Waals surface area contributed by atoms with Gasteiger partial charge in [-0.1, -0.05) is 112 Å². The van der Waals surface area contributed by atoms with Crippen molar-refractivity contribution in [3.8, 4) is 11.1 Å². The number of amides is 1. The Morgan fingerprint density at radius 1 is 0.620 bits per heavy atom. The standard InChI is InChI=1S/C36H62B24F4N4O2S/c1-3-66(4-2)35(57,58)36(59,60)67(5-7-13(37)17(41)9(18(42)14(7)38)10-19(43)21(45)11(33(62,63)64)22(46)20(10)44)28(70)32(53,54)68-26-12(30(49,50)34(55,56)31(26,51)52)27(69)65-29(68)71-6-8-15(39)23(47)25(61)24(48)16(8)40/h3-6,37-60H2,1-2H3. The number of fused-ring (bicyclic) bond motifs is 1. The molecular weight excluding hydrogens is 888 g/mol. The van der Waals surface area contributed by atoms with Gasteiger partial charge in [-0.25, -0.2) is 4.39 Å². The van der Waals surface area contributed by atoms with E-state index in [2.05, 4.69) is 138 Å². The van der Waals surface area contributed by atoms with Crippen LogP contribution < -0.4 is 71.1 Å². The minimum Gasteiger partial charge on any atom is -0.348 e. The summed E-state index contributed by atoms with van der Waals surface area (Å²) >= 11 is 1.42. The maximum Gasteiger partial charge on any atom is 0.415 e. The summed E-state index contributed by atoms with van der Waals surface area (Å²) < 4.78 is 61.0. The molecule has 0 bridgehead atoms. The zero-order valence-corrected chi connectivity index (χ0v) is 49.2. The summed E-state index contributed by atoms with van der Waals surface area (Å²) in [6.07, 6.45) is -4.48. The lowest BCUT2D eigenvalue weighted by Gasteiger charge is -2.57. The molecule has 1 aliphatic carbocycles. The van der Waals surface area contributed by atoms with Gasteiger partial charge in [-0.3, -0.25) is 9.59 Å². The molecule has 35 heteroatoms. The summed E-state index contributed by atoms with van der Waals surface area (Å²) in [5.74, 6) is 0.0533. The molecule has 4 aromatic rings. The molecule has 0 saturated heterocycles. The predicted molar refractivity (Wildman–Crippen MR) is 365 cm³/mol. The fourth-order valence-electron chi connectivity index (χ4n) is 12.3. The van der Waals surface area contributed by atoms with E-state index < -0.39 is 43.4 Å². The predicted octanol–water partition coefficient (Wildman–Crippen LogP) is -26.2. The van der Waals surface area contributed by atoms with E-state index in [0.717, 1.165) is 73.8 Å². The second kappa shape index (κ2) is 19.6. The first kappa shape index (κ1) is 59.5. The van der Waals surface area contributed by atoms with Crippen LogP contribution in [0.3, 0.4) is 0 Å². The number of hydrogen-bond donors (Lipinski definition) is 0. The highest BCUT2D eigenvalue weighted by Gasteiger charge is 2.60. The largest absolute Gasteiger partial charge is 0.415 e. The van der Waals surface area contributed by atoms with E-state index in [1.807, 2.05) is 31.4 Å². The molecule has 71 heavy (non-hydrogen) atoms. The lowest BCUT2D eigenvalue weighted by Crippen LogP contribution is -2.76. The molecule has 0 saturated carbocycles. The number of halogens is 4. The Bertz CT molecular complexity index is 2860. The van der Waals surface area contributed by atoms with Gasteiger partial charge in [0.1, 0.15) is 178 Å². The fraction of sp³-hybridized carbons (Fsp3) is 0.361. The molecule has 1 heterocycles. The summed E-state index contributed by atoms with van der Waals surface area (Å²) in [6, 6.07) is 0. The number of thioether (sulfide) groups is 1. The van der Waals surface area contributed by atoms with Crippen LogP contribution in [0.4, 0.5) is 17.6 Å². The van der Waals surface area contributed by atoms with E-state index in [-0.39, 0.29) is 34.8 Å². The molecule has 6 nitrogen and oxygen atoms in total. The van der Waals surface area contributed by atoms with E-state index in [4.69, 9.17) is 4.98 Å². The molecule has 1 aromatic heterocycles. The lowest BCUT2D eigenvalue weighted by atomic mass is 9.20. The number of alkyl halides is 3. The summed E-state index contributed by atoms with van der Waals surface area (Å²) in [6.45, 7) is 6.04. The van der Waals surface area contributed by atoms with Crippen molar-refractivity contribution in [2.75, 3.05) is 13.1 Å². The second-order valence-corrected chi connectivity index (χ2v) is 25.0. The smallest absolute Gasteiger partial charge is 0.348 e. The van der Waals surface area contributed by atoms with Crippen molar-refractivity contribution in [2.24, 2.45) is 0 Å². The van der Waals surface area contributed by atoms with Crippen molar-refractivity contribution in [2.45, 2.75) is 69.1 Å². The zero-order chi connectivity index (χ0) is 54.8. The third kappa shape index (κ3) is 9.02. The molecule has 0 fully saturated rings. The SMILES string of the molecule is Bc1c(B)c(CSc2nc(=O)c3c(n2C(B)(B)C(=O)N(Cc2c(B)c(B)c(-c4c(B)c(B)c(C(F)(F)F)c(B)c4B)c(B)c2B)C(B)(B)C(B)(B)N(CC)CC)C(B)(B)C(B)(B)C3(B)B)c(B)c(B)c1F. The molecule has 5 rings (SSSR count). The Morgan fingerprint density at radius 3 is 1.44 bits per heavy atom. The third-order valence-electron chi connectivity index (χ3n) is 19.7. The molecule has 0 radical (unpaired) electrons. The molecule has 0 atom stereocenters. The average Bonchev–Trinajstić information content (AvgIpc) is 3.37. The topological polar surface area (TPSA) is 58.4 Å². The van der Waals surface area contributed by atoms with Gasteiger partial charge in [-0.2, -0.15) is 18.2 Å². The number of rotatable bonds is 13. The molecule has 0 spiro atoms. The molecule has 344 valence electrons. The van der Waals surface area contributed by atoms with Crippen LogP contribution in [0.15, 0.2) is 9.95 Å². The van der Waals surface area contributed by atoms with E-state index in [0.29, 0.717) is 38.3 Å². The minimum atomic E-state index is -4.48. The van der Waals surface area contributed by atoms with Gasteiger partial charge in [0, 0.05) is 29.1 Å². The highest BCUT2D eigenvalue weighted by molar-refractivity contribution is 7.98. The van der Waals surface area contributed by atoms with Crippen molar-refractivity contribution in [3.05, 3.63) is 44.1 Å². The van der Waals surface area contributed by atoms with E-state index in [1.165, 1.54) is 11.8 Å². The third-order valence-corrected chi connectivity index (χ3v) is 20.7. The monoisotopic (exact) mass is 955 g/mol. The number of carbonyl (C=O) groups is 1. The highest BCUT2D eigenvalue weighted by Crippen LogP contribution is 2.57. The van der Waals surface area contributed by atoms with Gasteiger partial charge < -0.3 is 14.4 Å². The zero-order valence-electron chi connectivity index (χ0n) is 48.4. The number of nitrogens with zero attached hydrogens (tertiary/aromatic N) is 4. The normalized spacial score (nSPS) is 15.4. The van der Waals surface area contributed by atoms with Crippen molar-refractivity contribution in [3.63, 3.8) is 0 Å². The first-order valence-corrected chi connectivity index (χ1v) is 26.5. The Balaban J connectivity index is 1.87. The Hall–Kier alpha value is -2.40. The number of hydrogen-bond acceptors (Lipinski definition) is 5. The number of benzene rings is 3. The van der Waals surface area contributed by atoms with Crippen molar-refractivity contribution < 1.29 is 22.4 Å². The van der Waals surface area contributed by atoms with Gasteiger partial charge in [0.15, 0.2) is 5.16 Å². The van der Waals surface area contributed by atoms with Gasteiger partial charge >= 0.3 is 6.18 Å². The Labute approximate surface area is 448 Å². The summed E-state index contributed by atoms with van der Waals surface area (Å²) in [4.78, 5) is 40.9. The van der Waals surface area contributed by atoms with Crippen LogP contribution in [0.1, 0.15) is 41.8 Å². The first-order chi connectivity index (χ1) is 32.1. The van der Waals surface area contributed by atoms with Gasteiger partial charge in [-0.15, -0.1) is 0 Å². The molecule has 0 N–H and O–H groups in total. The Kier molecular flexibility index (Phi) is 16.4. The number of carbonyl (C=O) groups excluding carboxylic acids is 1. The van der Waals surface area contributed by atoms with Gasteiger partial charge in [0.25, 0.3) is 5.56 Å². The maximum absolute atomic E-state index is 16.7. The molecular formula is C36H62B24F4N4O2S. The van der Waals surface area contributed by atoms with Crippen LogP contribution in [0, 0.1) is 5.82 Å². The van der Waals surface area contributed by atoms with Crippen molar-refractivity contribution in [1.82, 2.24) is 19.4 Å². The van der Waals surface area contributed by atoms with E-state index >= 15 is 9.18 Å². The first-order valence-electron chi connectivity index (χ1n) is 25.5. The fourth-order valence-corrected chi connectivity index (χ4v) is 13.6. The minimum absolute atomic E-state index is 0.143. The van der Waals surface area contributed by atoms with Crippen LogP contribution in [0.5, 0.6) is 0 Å². The summed E-state index contributed by atoms with van der Waals surface area (Å²) in [7, 11) is 48.2. The Morgan fingerprint density at radius 2 is 1.03 bits per heavy atom. The lowest BCUT2D eigenvalue weighted by molar-refractivity contribution is -0.138. The quantitative estimate of drug-likeness (QED) is 0.0578. The molecule has 0 aliphatic heterocycles. The van der Waals surface area contributed by atoms with Crippen LogP contribution in [0.2, 0.25) is 5.21 Å². The number of likely N-dealkylation sites (N-methyl/N-ethyl adjacent to an activating group) is 1. The summed E-state index contributed by atoms with van der Waals surface area (Å²) in [5.41, 5.74) is 12.7. The van der Waals surface area contributed by atoms with Crippen LogP contribution >= 0.6 is 11.8 Å². The second-order valence-electron chi connectivity index (χ2n) is 24.1. The van der Waals surface area contributed by atoms with E-state index in [9.17, 15) is 18.0 Å². The van der Waals surface area contributed by atoms with E-state index in [1.54, 1.807) is 47.1 Å². The van der Waals surface area contributed by atoms with Crippen molar-refractivity contribution in [1.29, 1.82) is 0 Å². The van der Waals surface area contributed by atoms with Crippen LogP contribution in [-0.4, -0.2) is 237 Å². The van der Waals surface area contributed by atoms with Crippen LogP contribution in [-0.2, 0) is 39.0 Å². The molecule has 0 unspecified atom stereocenters.